The van der Waals surface area contributed by atoms with Gasteiger partial charge in [-0.25, -0.2) is 4.79 Å². The van der Waals surface area contributed by atoms with Crippen molar-refractivity contribution in [2.75, 3.05) is 6.61 Å². The Morgan fingerprint density at radius 2 is 2.12 bits per heavy atom. The second-order valence-corrected chi connectivity index (χ2v) is 3.34. The van der Waals surface area contributed by atoms with Gasteiger partial charge in [0.25, 0.3) is 0 Å². The van der Waals surface area contributed by atoms with Crippen molar-refractivity contribution in [2.45, 2.75) is 19.1 Å². The summed E-state index contributed by atoms with van der Waals surface area (Å²) in [6.07, 6.45) is -3.16. The number of nitriles is 1. The molecule has 1 aromatic carbocycles. The van der Waals surface area contributed by atoms with E-state index < -0.39 is 18.2 Å². The molecule has 17 heavy (non-hydrogen) atoms. The van der Waals surface area contributed by atoms with E-state index in [2.05, 4.69) is 4.74 Å². The molecule has 0 bridgehead atoms. The highest BCUT2D eigenvalue weighted by Gasteiger charge is 2.28. The van der Waals surface area contributed by atoms with Crippen LogP contribution in [0, 0.1) is 11.3 Å². The van der Waals surface area contributed by atoms with E-state index >= 15 is 0 Å². The molecule has 1 rings (SSSR count). The lowest BCUT2D eigenvalue weighted by Crippen LogP contribution is -2.30. The Bertz CT molecular complexity index is 438. The normalized spacial score (nSPS) is 13.5. The van der Waals surface area contributed by atoms with Gasteiger partial charge in [-0.2, -0.15) is 5.26 Å². The molecule has 0 amide bonds. The van der Waals surface area contributed by atoms with Gasteiger partial charge in [-0.3, -0.25) is 0 Å². The lowest BCUT2D eigenvalue weighted by Gasteiger charge is -2.17. The number of carbonyl (C=O) groups excluding carboxylic acids is 1. The second-order valence-electron chi connectivity index (χ2n) is 3.34. The fourth-order valence-corrected chi connectivity index (χ4v) is 1.38. The van der Waals surface area contributed by atoms with Crippen LogP contribution in [-0.4, -0.2) is 28.9 Å². The molecule has 0 aliphatic heterocycles. The molecule has 0 aliphatic carbocycles. The van der Waals surface area contributed by atoms with Gasteiger partial charge in [0.2, 0.25) is 0 Å². The Kier molecular flexibility index (Phi) is 4.64. The van der Waals surface area contributed by atoms with E-state index in [9.17, 15) is 15.0 Å². The van der Waals surface area contributed by atoms with Gasteiger partial charge in [0.15, 0.2) is 6.10 Å². The zero-order chi connectivity index (χ0) is 12.8. The van der Waals surface area contributed by atoms with Crippen LogP contribution in [0.15, 0.2) is 24.3 Å². The minimum atomic E-state index is -1.69. The fraction of sp³-hybridized carbons (Fsp3) is 0.333. The maximum absolute atomic E-state index is 11.2. The molecule has 5 nitrogen and oxygen atoms in total. The van der Waals surface area contributed by atoms with Gasteiger partial charge in [0.1, 0.15) is 6.10 Å². The van der Waals surface area contributed by atoms with Crippen molar-refractivity contribution in [1.29, 1.82) is 5.26 Å². The number of aliphatic hydroxyl groups excluding tert-OH is 2. The van der Waals surface area contributed by atoms with Crippen LogP contribution in [0.3, 0.4) is 0 Å². The number of benzene rings is 1. The molecular weight excluding hydrogens is 222 g/mol. The third-order valence-corrected chi connectivity index (χ3v) is 2.23. The van der Waals surface area contributed by atoms with Gasteiger partial charge in [-0.1, -0.05) is 18.2 Å². The molecule has 0 fully saturated rings. The molecule has 0 aromatic heterocycles. The SMILES string of the molecule is CCOC(=O)C(O)C(O)c1ccccc1C#N. The molecule has 0 saturated heterocycles. The molecule has 2 atom stereocenters. The summed E-state index contributed by atoms with van der Waals surface area (Å²) in [5.41, 5.74) is 0.416. The maximum atomic E-state index is 11.2. The third-order valence-electron chi connectivity index (χ3n) is 2.23. The molecule has 90 valence electrons. The zero-order valence-corrected chi connectivity index (χ0v) is 9.33. The quantitative estimate of drug-likeness (QED) is 0.742. The van der Waals surface area contributed by atoms with Crippen molar-refractivity contribution < 1.29 is 19.7 Å². The monoisotopic (exact) mass is 235 g/mol. The molecular formula is C12H13NO4. The highest BCUT2D eigenvalue weighted by Crippen LogP contribution is 2.21. The number of aliphatic hydroxyl groups is 2. The largest absolute Gasteiger partial charge is 0.464 e. The third kappa shape index (κ3) is 3.03. The Balaban J connectivity index is 2.93. The van der Waals surface area contributed by atoms with Gasteiger partial charge >= 0.3 is 5.97 Å². The summed E-state index contributed by atoms with van der Waals surface area (Å²) in [7, 11) is 0. The Morgan fingerprint density at radius 1 is 1.47 bits per heavy atom. The summed E-state index contributed by atoms with van der Waals surface area (Å²) in [4.78, 5) is 11.2. The summed E-state index contributed by atoms with van der Waals surface area (Å²) in [6.45, 7) is 1.71. The van der Waals surface area contributed by atoms with Gasteiger partial charge in [0.05, 0.1) is 18.2 Å². The number of ether oxygens (including phenoxy) is 1. The van der Waals surface area contributed by atoms with Crippen LogP contribution in [0.25, 0.3) is 0 Å². The van der Waals surface area contributed by atoms with Crippen LogP contribution < -0.4 is 0 Å². The second kappa shape index (κ2) is 5.99. The molecule has 0 saturated carbocycles. The van der Waals surface area contributed by atoms with Gasteiger partial charge < -0.3 is 14.9 Å². The standard InChI is InChI=1S/C12H13NO4/c1-2-17-12(16)11(15)10(14)9-6-4-3-5-8(9)7-13/h3-6,10-11,14-15H,2H2,1H3. The molecule has 5 heteroatoms. The van der Waals surface area contributed by atoms with E-state index in [1.807, 2.05) is 6.07 Å². The first-order valence-corrected chi connectivity index (χ1v) is 5.13. The van der Waals surface area contributed by atoms with Crippen LogP contribution in [0.1, 0.15) is 24.2 Å². The molecule has 2 unspecified atom stereocenters. The topological polar surface area (TPSA) is 90.6 Å². The number of hydrogen-bond donors (Lipinski definition) is 2. The summed E-state index contributed by atoms with van der Waals surface area (Å²) >= 11 is 0. The van der Waals surface area contributed by atoms with Crippen molar-refractivity contribution in [1.82, 2.24) is 0 Å². The first kappa shape index (κ1) is 13.2. The van der Waals surface area contributed by atoms with E-state index in [0.29, 0.717) is 0 Å². The van der Waals surface area contributed by atoms with Crippen LogP contribution >= 0.6 is 0 Å². The number of hydrogen-bond acceptors (Lipinski definition) is 5. The number of carbonyl (C=O) groups is 1. The van der Waals surface area contributed by atoms with Crippen molar-refractivity contribution >= 4 is 5.97 Å². The minimum absolute atomic E-state index is 0.114. The number of rotatable bonds is 4. The minimum Gasteiger partial charge on any atom is -0.464 e. The fourth-order valence-electron chi connectivity index (χ4n) is 1.38. The molecule has 0 spiro atoms. The first-order valence-electron chi connectivity index (χ1n) is 5.13. The van der Waals surface area contributed by atoms with Gasteiger partial charge in [0, 0.05) is 5.56 Å². The Labute approximate surface area is 98.9 Å². The average molecular weight is 235 g/mol. The van der Waals surface area contributed by atoms with Crippen LogP contribution in [0.2, 0.25) is 0 Å². The van der Waals surface area contributed by atoms with E-state index in [0.717, 1.165) is 0 Å². The number of esters is 1. The lowest BCUT2D eigenvalue weighted by atomic mass is 9.99. The maximum Gasteiger partial charge on any atom is 0.338 e. The van der Waals surface area contributed by atoms with Crippen LogP contribution in [0.4, 0.5) is 0 Å². The average Bonchev–Trinajstić information content (AvgIpc) is 2.37. The van der Waals surface area contributed by atoms with E-state index in [-0.39, 0.29) is 17.7 Å². The smallest absolute Gasteiger partial charge is 0.338 e. The Hall–Kier alpha value is -1.90. The molecule has 0 aliphatic rings. The summed E-state index contributed by atoms with van der Waals surface area (Å²) in [6, 6.07) is 8.09. The summed E-state index contributed by atoms with van der Waals surface area (Å²) in [5, 5.41) is 28.2. The predicted molar refractivity (Wildman–Crippen MR) is 58.8 cm³/mol. The molecule has 1 aromatic rings. The van der Waals surface area contributed by atoms with Crippen molar-refractivity contribution in [2.24, 2.45) is 0 Å². The van der Waals surface area contributed by atoms with E-state index in [4.69, 9.17) is 5.26 Å². The Morgan fingerprint density at radius 3 is 2.71 bits per heavy atom. The van der Waals surface area contributed by atoms with Crippen molar-refractivity contribution in [3.8, 4) is 6.07 Å². The zero-order valence-electron chi connectivity index (χ0n) is 9.33. The predicted octanol–water partition coefficient (Wildman–Crippen LogP) is 0.516. The number of nitrogens with zero attached hydrogens (tertiary/aromatic N) is 1. The van der Waals surface area contributed by atoms with E-state index in [1.165, 1.54) is 12.1 Å². The van der Waals surface area contributed by atoms with Crippen molar-refractivity contribution in [3.05, 3.63) is 35.4 Å². The highest BCUT2D eigenvalue weighted by atomic mass is 16.5. The molecule has 0 heterocycles. The van der Waals surface area contributed by atoms with Crippen LogP contribution in [0.5, 0.6) is 0 Å². The first-order chi connectivity index (χ1) is 8.11. The van der Waals surface area contributed by atoms with Crippen LogP contribution in [-0.2, 0) is 9.53 Å². The van der Waals surface area contributed by atoms with Gasteiger partial charge in [-0.15, -0.1) is 0 Å². The van der Waals surface area contributed by atoms with Crippen molar-refractivity contribution in [3.63, 3.8) is 0 Å². The van der Waals surface area contributed by atoms with Gasteiger partial charge in [-0.05, 0) is 13.0 Å². The van der Waals surface area contributed by atoms with E-state index in [1.54, 1.807) is 19.1 Å². The summed E-state index contributed by atoms with van der Waals surface area (Å²) < 4.78 is 4.59. The highest BCUT2D eigenvalue weighted by molar-refractivity contribution is 5.75. The molecule has 2 N–H and O–H groups in total. The summed E-state index contributed by atoms with van der Waals surface area (Å²) in [5.74, 6) is -0.909. The molecule has 0 radical (unpaired) electrons. The lowest BCUT2D eigenvalue weighted by molar-refractivity contribution is -0.159.